The highest BCUT2D eigenvalue weighted by Gasteiger charge is 2.51. The minimum Gasteiger partial charge on any atom is -0.462 e. The molecule has 0 spiro atoms. The van der Waals surface area contributed by atoms with Crippen LogP contribution >= 0.6 is 7.82 Å². The maximum atomic E-state index is 12.8. The molecule has 0 aromatic heterocycles. The summed E-state index contributed by atoms with van der Waals surface area (Å²) in [7, 11) is -5.13. The molecule has 0 radical (unpaired) electrons. The van der Waals surface area contributed by atoms with Crippen LogP contribution in [0.5, 0.6) is 0 Å². The number of ether oxygens (including phenoxy) is 2. The maximum Gasteiger partial charge on any atom is 0.472 e. The topological polar surface area (TPSA) is 210 Å². The predicted octanol–water partition coefficient (Wildman–Crippen LogP) is 9.28. The monoisotopic (exact) mass is 909 g/mol. The Labute approximate surface area is 378 Å². The summed E-state index contributed by atoms with van der Waals surface area (Å²) in [5, 5.41) is 50.1. The molecular weight excluding hydrogens is 828 g/mol. The third-order valence-electron chi connectivity index (χ3n) is 10.3. The number of allylic oxidation sites excluding steroid dienone is 14. The molecule has 1 rings (SSSR count). The lowest BCUT2D eigenvalue weighted by molar-refractivity contribution is -0.220. The first kappa shape index (κ1) is 58.0. The van der Waals surface area contributed by atoms with E-state index in [1.54, 1.807) is 0 Å². The molecule has 63 heavy (non-hydrogen) atoms. The molecule has 7 unspecified atom stereocenters. The fourth-order valence-corrected chi connectivity index (χ4v) is 7.58. The van der Waals surface area contributed by atoms with Crippen LogP contribution in [-0.4, -0.2) is 98.3 Å². The number of phosphoric acid groups is 1. The first-order chi connectivity index (χ1) is 30.4. The Kier molecular flexibility index (Phi) is 35.3. The van der Waals surface area contributed by atoms with Crippen molar-refractivity contribution >= 4 is 19.8 Å². The van der Waals surface area contributed by atoms with E-state index in [0.717, 1.165) is 77.0 Å². The molecule has 14 heteroatoms. The summed E-state index contributed by atoms with van der Waals surface area (Å²) in [6.07, 6.45) is 36.5. The molecule has 1 aliphatic rings. The van der Waals surface area contributed by atoms with E-state index < -0.39 is 75.7 Å². The third kappa shape index (κ3) is 30.7. The summed E-state index contributed by atoms with van der Waals surface area (Å²) in [6, 6.07) is 0. The SMILES string of the molecule is CC/C=C/C=C/C=C/C=C/CCCCCC(=O)OC(COC(=O)CCCCCCCCCCCCC/C=C/C/C=C/C/C=C/CC)COP(=O)(O)OC1C(O)C(O)C(O)[C@H](O)C1O. The molecule has 0 saturated heterocycles. The lowest BCUT2D eigenvalue weighted by Crippen LogP contribution is -2.64. The first-order valence-corrected chi connectivity index (χ1v) is 24.9. The Morgan fingerprint density at radius 2 is 0.937 bits per heavy atom. The Bertz CT molecular complexity index is 1420. The summed E-state index contributed by atoms with van der Waals surface area (Å²) in [4.78, 5) is 35.7. The number of hydrogen-bond donors (Lipinski definition) is 6. The van der Waals surface area contributed by atoms with Crippen LogP contribution in [0.1, 0.15) is 155 Å². The summed E-state index contributed by atoms with van der Waals surface area (Å²) >= 11 is 0. The van der Waals surface area contributed by atoms with E-state index in [-0.39, 0.29) is 12.8 Å². The molecule has 13 nitrogen and oxygen atoms in total. The largest absolute Gasteiger partial charge is 0.472 e. The zero-order valence-corrected chi connectivity index (χ0v) is 39.0. The normalized spacial score (nSPS) is 22.5. The number of phosphoric ester groups is 1. The molecule has 0 aromatic rings. The van der Waals surface area contributed by atoms with Crippen molar-refractivity contribution in [1.29, 1.82) is 0 Å². The molecule has 8 atom stereocenters. The van der Waals surface area contributed by atoms with Gasteiger partial charge in [0.1, 0.15) is 43.2 Å². The van der Waals surface area contributed by atoms with Gasteiger partial charge in [-0.1, -0.05) is 163 Å². The van der Waals surface area contributed by atoms with E-state index >= 15 is 0 Å². The second kappa shape index (κ2) is 38.3. The Balaban J connectivity index is 2.43. The summed E-state index contributed by atoms with van der Waals surface area (Å²) in [5.41, 5.74) is 0. The zero-order valence-electron chi connectivity index (χ0n) is 38.1. The molecule has 0 heterocycles. The van der Waals surface area contributed by atoms with Crippen molar-refractivity contribution in [1.82, 2.24) is 0 Å². The van der Waals surface area contributed by atoms with Crippen molar-refractivity contribution in [3.05, 3.63) is 85.1 Å². The van der Waals surface area contributed by atoms with E-state index in [1.807, 2.05) is 42.5 Å². The van der Waals surface area contributed by atoms with E-state index in [9.17, 15) is 44.6 Å². The minimum absolute atomic E-state index is 0.0459. The maximum absolute atomic E-state index is 12.8. The fourth-order valence-electron chi connectivity index (χ4n) is 6.61. The quantitative estimate of drug-likeness (QED) is 0.0113. The van der Waals surface area contributed by atoms with Crippen molar-refractivity contribution in [2.45, 2.75) is 198 Å². The Hall–Kier alpha value is -2.97. The summed E-state index contributed by atoms with van der Waals surface area (Å²) in [6.45, 7) is 3.00. The van der Waals surface area contributed by atoms with Gasteiger partial charge in [-0.05, 0) is 64.2 Å². The van der Waals surface area contributed by atoms with Crippen LogP contribution in [0.4, 0.5) is 0 Å². The van der Waals surface area contributed by atoms with Crippen LogP contribution in [0.15, 0.2) is 85.1 Å². The number of unbranched alkanes of at least 4 members (excludes halogenated alkanes) is 14. The van der Waals surface area contributed by atoms with Gasteiger partial charge in [0, 0.05) is 12.8 Å². The highest BCUT2D eigenvalue weighted by Crippen LogP contribution is 2.47. The van der Waals surface area contributed by atoms with Gasteiger partial charge in [-0.3, -0.25) is 18.6 Å². The number of esters is 2. The molecule has 0 aromatic carbocycles. The van der Waals surface area contributed by atoms with Crippen molar-refractivity contribution in [2.24, 2.45) is 0 Å². The number of hydrogen-bond acceptors (Lipinski definition) is 12. The standard InChI is InChI=1S/C49H81O13P/c1-3-5-7-9-11-13-15-17-18-19-20-21-22-23-24-26-27-29-31-33-35-37-42(50)59-39-41(40-60-63(57,58)62-49-47(55)45(53)44(52)46(54)48(49)56)61-43(51)38-36-34-32-30-28-25-16-14-12-10-8-6-4-2/h5-8,10-14,16-18,25,28,41,44-49,52-56H,3-4,9,15,19-24,26-27,29-40H2,1-2H3,(H,57,58)/b7-5+,8-6+,12-10+,13-11+,16-14+,18-17+,28-25+/t41?,44?,45-,46?,47?,48?,49?/m0/s1. The van der Waals surface area contributed by atoms with Gasteiger partial charge in [-0.2, -0.15) is 0 Å². The lowest BCUT2D eigenvalue weighted by atomic mass is 9.85. The highest BCUT2D eigenvalue weighted by molar-refractivity contribution is 7.47. The number of aliphatic hydroxyl groups excluding tert-OH is 5. The number of rotatable bonds is 37. The van der Waals surface area contributed by atoms with Crippen LogP contribution in [0.2, 0.25) is 0 Å². The van der Waals surface area contributed by atoms with Crippen LogP contribution in [0.3, 0.4) is 0 Å². The average molecular weight is 909 g/mol. The molecule has 0 amide bonds. The molecule has 1 fully saturated rings. The van der Waals surface area contributed by atoms with Gasteiger partial charge in [0.25, 0.3) is 0 Å². The third-order valence-corrected chi connectivity index (χ3v) is 11.3. The second-order valence-corrected chi connectivity index (χ2v) is 17.3. The smallest absolute Gasteiger partial charge is 0.462 e. The van der Waals surface area contributed by atoms with E-state index in [2.05, 4.69) is 56.4 Å². The lowest BCUT2D eigenvalue weighted by Gasteiger charge is -2.41. The first-order valence-electron chi connectivity index (χ1n) is 23.4. The molecule has 0 aliphatic heterocycles. The molecule has 360 valence electrons. The molecule has 1 aliphatic carbocycles. The molecule has 1 saturated carbocycles. The molecular formula is C49H81O13P. The van der Waals surface area contributed by atoms with Gasteiger partial charge >= 0.3 is 19.8 Å². The highest BCUT2D eigenvalue weighted by atomic mass is 31.2. The van der Waals surface area contributed by atoms with Crippen molar-refractivity contribution in [2.75, 3.05) is 13.2 Å². The molecule has 0 bridgehead atoms. The van der Waals surface area contributed by atoms with Crippen molar-refractivity contribution in [3.63, 3.8) is 0 Å². The minimum atomic E-state index is -5.13. The van der Waals surface area contributed by atoms with E-state index in [1.165, 1.54) is 38.5 Å². The Morgan fingerprint density at radius 3 is 1.51 bits per heavy atom. The summed E-state index contributed by atoms with van der Waals surface area (Å²) < 4.78 is 33.5. The molecule has 6 N–H and O–H groups in total. The van der Waals surface area contributed by atoms with Crippen LogP contribution in [0.25, 0.3) is 0 Å². The van der Waals surface area contributed by atoms with Crippen LogP contribution in [-0.2, 0) is 32.7 Å². The van der Waals surface area contributed by atoms with Gasteiger partial charge in [0.05, 0.1) is 6.61 Å². The number of aliphatic hydroxyl groups is 5. The van der Waals surface area contributed by atoms with Gasteiger partial charge in [-0.25, -0.2) is 4.57 Å². The van der Waals surface area contributed by atoms with Gasteiger partial charge < -0.3 is 39.9 Å². The van der Waals surface area contributed by atoms with E-state index in [0.29, 0.717) is 12.8 Å². The van der Waals surface area contributed by atoms with Crippen molar-refractivity contribution < 1.29 is 63.1 Å². The fraction of sp³-hybridized carbons (Fsp3) is 0.673. The zero-order chi connectivity index (χ0) is 46.4. The predicted molar refractivity (Wildman–Crippen MR) is 248 cm³/mol. The average Bonchev–Trinajstić information content (AvgIpc) is 3.26. The van der Waals surface area contributed by atoms with Gasteiger partial charge in [0.2, 0.25) is 0 Å². The van der Waals surface area contributed by atoms with Crippen LogP contribution in [0, 0.1) is 0 Å². The number of carbonyl (C=O) groups is 2. The van der Waals surface area contributed by atoms with E-state index in [4.69, 9.17) is 18.5 Å². The van der Waals surface area contributed by atoms with Crippen molar-refractivity contribution in [3.8, 4) is 0 Å². The summed E-state index contributed by atoms with van der Waals surface area (Å²) in [5.74, 6) is -1.16. The number of carbonyl (C=O) groups excluding carboxylic acids is 2. The Morgan fingerprint density at radius 1 is 0.508 bits per heavy atom. The van der Waals surface area contributed by atoms with Gasteiger partial charge in [-0.15, -0.1) is 0 Å². The van der Waals surface area contributed by atoms with Gasteiger partial charge in [0.15, 0.2) is 6.10 Å². The second-order valence-electron chi connectivity index (χ2n) is 15.9. The van der Waals surface area contributed by atoms with Crippen LogP contribution < -0.4 is 0 Å².